The highest BCUT2D eigenvalue weighted by Crippen LogP contribution is 2.26. The van der Waals surface area contributed by atoms with E-state index in [0.29, 0.717) is 34.2 Å². The predicted molar refractivity (Wildman–Crippen MR) is 116 cm³/mol. The van der Waals surface area contributed by atoms with Crippen LogP contribution in [0.5, 0.6) is 0 Å². The number of nitrogens with one attached hydrogen (secondary N) is 1. The maximum absolute atomic E-state index is 12.7. The second-order valence-corrected chi connectivity index (χ2v) is 7.57. The fourth-order valence-corrected chi connectivity index (χ4v) is 3.64. The molecular formula is C22H18Cl2N4O. The van der Waals surface area contributed by atoms with E-state index < -0.39 is 0 Å². The Morgan fingerprint density at radius 2 is 1.83 bits per heavy atom. The molecule has 2 aromatic carbocycles. The molecule has 0 saturated carbocycles. The van der Waals surface area contributed by atoms with E-state index >= 15 is 0 Å². The van der Waals surface area contributed by atoms with Crippen molar-refractivity contribution in [2.75, 3.05) is 6.54 Å². The highest BCUT2D eigenvalue weighted by Gasteiger charge is 2.16. The van der Waals surface area contributed by atoms with Gasteiger partial charge in [-0.15, -0.1) is 0 Å². The first-order chi connectivity index (χ1) is 14.0. The van der Waals surface area contributed by atoms with Crippen molar-refractivity contribution in [2.45, 2.75) is 13.3 Å². The number of nitrogens with zero attached hydrogens (tertiary/aromatic N) is 3. The van der Waals surface area contributed by atoms with Crippen LogP contribution in [0.4, 0.5) is 0 Å². The van der Waals surface area contributed by atoms with E-state index in [2.05, 4.69) is 15.4 Å². The van der Waals surface area contributed by atoms with Gasteiger partial charge in [0.15, 0.2) is 5.65 Å². The van der Waals surface area contributed by atoms with Gasteiger partial charge < -0.3 is 5.32 Å². The third-order valence-corrected chi connectivity index (χ3v) is 5.21. The molecule has 0 fully saturated rings. The molecule has 0 bridgehead atoms. The molecular weight excluding hydrogens is 407 g/mol. The molecule has 0 saturated heterocycles. The number of aromatic nitrogens is 3. The fraction of sp³-hybridized carbons (Fsp3) is 0.136. The van der Waals surface area contributed by atoms with Crippen molar-refractivity contribution in [1.29, 1.82) is 0 Å². The Hall–Kier alpha value is -2.89. The molecule has 2 heterocycles. The molecule has 7 heteroatoms. The van der Waals surface area contributed by atoms with E-state index in [1.807, 2.05) is 55.5 Å². The lowest BCUT2D eigenvalue weighted by atomic mass is 10.1. The van der Waals surface area contributed by atoms with Crippen LogP contribution in [0.25, 0.3) is 16.8 Å². The molecule has 0 aliphatic heterocycles. The first-order valence-electron chi connectivity index (χ1n) is 9.15. The van der Waals surface area contributed by atoms with E-state index in [-0.39, 0.29) is 5.91 Å². The second kappa shape index (κ2) is 8.23. The summed E-state index contributed by atoms with van der Waals surface area (Å²) < 4.78 is 1.68. The minimum atomic E-state index is -0.182. The standard InChI is InChI=1S/C22H18Cl2N4O/c1-14-19(22(29)25-9-8-15-4-2-6-17(23)10-15)12-26-21-20(13-27-28(14)21)16-5-3-7-18(24)11-16/h2-7,10-13H,8-9H2,1H3,(H,25,29). The first-order valence-corrected chi connectivity index (χ1v) is 9.90. The van der Waals surface area contributed by atoms with Crippen LogP contribution in [-0.4, -0.2) is 27.0 Å². The number of benzene rings is 2. The molecule has 4 rings (SSSR count). The predicted octanol–water partition coefficient (Wildman–Crippen LogP) is 4.98. The van der Waals surface area contributed by atoms with Crippen molar-refractivity contribution >= 4 is 34.8 Å². The van der Waals surface area contributed by atoms with Crippen molar-refractivity contribution < 1.29 is 4.79 Å². The summed E-state index contributed by atoms with van der Waals surface area (Å²) in [5.74, 6) is -0.182. The monoisotopic (exact) mass is 424 g/mol. The summed E-state index contributed by atoms with van der Waals surface area (Å²) in [6.45, 7) is 2.36. The maximum atomic E-state index is 12.7. The van der Waals surface area contributed by atoms with Crippen LogP contribution in [0.3, 0.4) is 0 Å². The molecule has 1 N–H and O–H groups in total. The van der Waals surface area contributed by atoms with Gasteiger partial charge in [0.05, 0.1) is 17.5 Å². The van der Waals surface area contributed by atoms with Crippen LogP contribution >= 0.6 is 23.2 Å². The molecule has 0 aliphatic carbocycles. The summed E-state index contributed by atoms with van der Waals surface area (Å²) in [4.78, 5) is 17.1. The van der Waals surface area contributed by atoms with Crippen LogP contribution in [0.15, 0.2) is 60.9 Å². The van der Waals surface area contributed by atoms with Gasteiger partial charge in [-0.25, -0.2) is 9.50 Å². The number of carbonyl (C=O) groups excluding carboxylic acids is 1. The van der Waals surface area contributed by atoms with Crippen molar-refractivity contribution in [1.82, 2.24) is 19.9 Å². The Kier molecular flexibility index (Phi) is 5.51. The maximum Gasteiger partial charge on any atom is 0.254 e. The highest BCUT2D eigenvalue weighted by molar-refractivity contribution is 6.31. The van der Waals surface area contributed by atoms with E-state index in [9.17, 15) is 4.79 Å². The number of carbonyl (C=O) groups is 1. The Balaban J connectivity index is 1.54. The van der Waals surface area contributed by atoms with Crippen LogP contribution < -0.4 is 5.32 Å². The van der Waals surface area contributed by atoms with Crippen molar-refractivity contribution in [3.63, 3.8) is 0 Å². The molecule has 1 amide bonds. The third kappa shape index (κ3) is 4.11. The zero-order valence-corrected chi connectivity index (χ0v) is 17.2. The summed E-state index contributed by atoms with van der Waals surface area (Å²) in [6, 6.07) is 15.1. The minimum absolute atomic E-state index is 0.182. The SMILES string of the molecule is Cc1c(C(=O)NCCc2cccc(Cl)c2)cnc2c(-c3cccc(Cl)c3)cnn12. The average Bonchev–Trinajstić information content (AvgIpc) is 3.13. The number of hydrogen-bond acceptors (Lipinski definition) is 3. The second-order valence-electron chi connectivity index (χ2n) is 6.70. The molecule has 0 spiro atoms. The van der Waals surface area contributed by atoms with Crippen molar-refractivity contribution in [3.8, 4) is 11.1 Å². The lowest BCUT2D eigenvalue weighted by molar-refractivity contribution is 0.0952. The van der Waals surface area contributed by atoms with Crippen molar-refractivity contribution in [3.05, 3.63) is 87.8 Å². The largest absolute Gasteiger partial charge is 0.352 e. The number of amides is 1. The Labute approximate surface area is 178 Å². The molecule has 0 atom stereocenters. The van der Waals surface area contributed by atoms with Gasteiger partial charge in [0, 0.05) is 28.4 Å². The zero-order chi connectivity index (χ0) is 20.4. The number of fused-ring (bicyclic) bond motifs is 1. The number of hydrogen-bond donors (Lipinski definition) is 1. The van der Waals surface area contributed by atoms with Crippen LogP contribution in [0, 0.1) is 6.92 Å². The summed E-state index contributed by atoms with van der Waals surface area (Å²) >= 11 is 12.1. The topological polar surface area (TPSA) is 59.3 Å². The summed E-state index contributed by atoms with van der Waals surface area (Å²) in [7, 11) is 0. The first kappa shape index (κ1) is 19.4. The van der Waals surface area contributed by atoms with Gasteiger partial charge in [-0.3, -0.25) is 4.79 Å². The highest BCUT2D eigenvalue weighted by atomic mass is 35.5. The van der Waals surface area contributed by atoms with Gasteiger partial charge in [-0.2, -0.15) is 5.10 Å². The normalized spacial score (nSPS) is 11.0. The van der Waals surface area contributed by atoms with Gasteiger partial charge in [-0.05, 0) is 48.7 Å². The molecule has 0 unspecified atom stereocenters. The molecule has 5 nitrogen and oxygen atoms in total. The molecule has 0 radical (unpaired) electrons. The third-order valence-electron chi connectivity index (χ3n) is 4.74. The smallest absolute Gasteiger partial charge is 0.254 e. The minimum Gasteiger partial charge on any atom is -0.352 e. The van der Waals surface area contributed by atoms with Gasteiger partial charge in [0.25, 0.3) is 5.91 Å². The Bertz CT molecular complexity index is 1200. The van der Waals surface area contributed by atoms with Gasteiger partial charge in [-0.1, -0.05) is 47.5 Å². The lowest BCUT2D eigenvalue weighted by Gasteiger charge is -2.09. The lowest BCUT2D eigenvalue weighted by Crippen LogP contribution is -2.27. The summed E-state index contributed by atoms with van der Waals surface area (Å²) in [5, 5.41) is 8.70. The fourth-order valence-electron chi connectivity index (χ4n) is 3.24. The molecule has 146 valence electrons. The van der Waals surface area contributed by atoms with Crippen LogP contribution in [0.1, 0.15) is 21.6 Å². The average molecular weight is 425 g/mol. The number of rotatable bonds is 5. The van der Waals surface area contributed by atoms with Gasteiger partial charge in [0.1, 0.15) is 0 Å². The van der Waals surface area contributed by atoms with E-state index in [0.717, 1.165) is 22.4 Å². The van der Waals surface area contributed by atoms with E-state index in [1.54, 1.807) is 16.9 Å². The van der Waals surface area contributed by atoms with Gasteiger partial charge in [0.2, 0.25) is 0 Å². The molecule has 0 aliphatic rings. The van der Waals surface area contributed by atoms with Gasteiger partial charge >= 0.3 is 0 Å². The zero-order valence-electron chi connectivity index (χ0n) is 15.7. The molecule has 4 aromatic rings. The van der Waals surface area contributed by atoms with Crippen molar-refractivity contribution in [2.24, 2.45) is 0 Å². The van der Waals surface area contributed by atoms with Crippen LogP contribution in [0.2, 0.25) is 10.0 Å². The van der Waals surface area contributed by atoms with E-state index in [4.69, 9.17) is 23.2 Å². The summed E-state index contributed by atoms with van der Waals surface area (Å²) in [6.07, 6.45) is 4.03. The Morgan fingerprint density at radius 1 is 1.07 bits per heavy atom. The Morgan fingerprint density at radius 3 is 2.59 bits per heavy atom. The number of aryl methyl sites for hydroxylation is 1. The van der Waals surface area contributed by atoms with E-state index in [1.165, 1.54) is 0 Å². The van der Waals surface area contributed by atoms with Crippen LogP contribution in [-0.2, 0) is 6.42 Å². The molecule has 2 aromatic heterocycles. The quantitative estimate of drug-likeness (QED) is 0.491. The molecule has 29 heavy (non-hydrogen) atoms. The number of halogens is 2. The summed E-state index contributed by atoms with van der Waals surface area (Å²) in [5.41, 5.74) is 4.76.